The summed E-state index contributed by atoms with van der Waals surface area (Å²) in [7, 11) is -2.44. The van der Waals surface area contributed by atoms with Crippen molar-refractivity contribution in [2.24, 2.45) is 0 Å². The van der Waals surface area contributed by atoms with Crippen molar-refractivity contribution in [2.45, 2.75) is 37.2 Å². The van der Waals surface area contributed by atoms with E-state index < -0.39 is 10.0 Å². The highest BCUT2D eigenvalue weighted by atomic mass is 79.9. The first-order valence-corrected chi connectivity index (χ1v) is 11.4. The van der Waals surface area contributed by atoms with Gasteiger partial charge in [0.25, 0.3) is 5.91 Å². The molecule has 0 radical (unpaired) electrons. The fourth-order valence-electron chi connectivity index (χ4n) is 3.16. The first kappa shape index (κ1) is 21.6. The topological polar surface area (TPSA) is 93.7 Å². The third-order valence-corrected chi connectivity index (χ3v) is 6.60. The zero-order chi connectivity index (χ0) is 21.2. The molecule has 0 saturated carbocycles. The number of methoxy groups -OCH3 is 1. The molecule has 1 unspecified atom stereocenters. The number of sulfonamides is 1. The van der Waals surface area contributed by atoms with Crippen molar-refractivity contribution in [2.75, 3.05) is 13.7 Å². The number of carbonyl (C=O) groups excluding carboxylic acids is 1. The van der Waals surface area contributed by atoms with Crippen molar-refractivity contribution >= 4 is 31.9 Å². The van der Waals surface area contributed by atoms with Crippen molar-refractivity contribution < 1.29 is 22.7 Å². The minimum atomic E-state index is -3.83. The summed E-state index contributed by atoms with van der Waals surface area (Å²) in [5.74, 6) is 0.533. The number of halogens is 1. The summed E-state index contributed by atoms with van der Waals surface area (Å²) in [6.45, 7) is 3.93. The lowest BCUT2D eigenvalue weighted by Crippen LogP contribution is -2.33. The van der Waals surface area contributed by atoms with Gasteiger partial charge in [0.1, 0.15) is 16.4 Å². The van der Waals surface area contributed by atoms with E-state index in [0.29, 0.717) is 13.0 Å². The van der Waals surface area contributed by atoms with Gasteiger partial charge in [-0.05, 0) is 50.2 Å². The van der Waals surface area contributed by atoms with E-state index in [9.17, 15) is 13.2 Å². The van der Waals surface area contributed by atoms with Crippen molar-refractivity contribution in [3.8, 4) is 11.5 Å². The molecule has 2 N–H and O–H groups in total. The Kier molecular flexibility index (Phi) is 6.50. The van der Waals surface area contributed by atoms with Crippen LogP contribution in [0.2, 0.25) is 0 Å². The highest BCUT2D eigenvalue weighted by molar-refractivity contribution is 9.10. The van der Waals surface area contributed by atoms with Gasteiger partial charge in [-0.25, -0.2) is 13.1 Å². The maximum atomic E-state index is 12.9. The van der Waals surface area contributed by atoms with E-state index in [1.54, 1.807) is 19.9 Å². The third-order valence-electron chi connectivity index (χ3n) is 4.42. The fourth-order valence-corrected chi connectivity index (χ4v) is 4.98. The molecule has 156 valence electrons. The average Bonchev–Trinajstić information content (AvgIpc) is 2.67. The van der Waals surface area contributed by atoms with Gasteiger partial charge in [0.15, 0.2) is 0 Å². The molecule has 2 aromatic carbocycles. The Labute approximate surface area is 179 Å². The summed E-state index contributed by atoms with van der Waals surface area (Å²) in [5.41, 5.74) is 1.11. The van der Waals surface area contributed by atoms with Crippen LogP contribution in [0.1, 0.15) is 42.2 Å². The molecule has 1 amide bonds. The Morgan fingerprint density at radius 3 is 2.69 bits per heavy atom. The first-order chi connectivity index (χ1) is 13.7. The predicted molar refractivity (Wildman–Crippen MR) is 113 cm³/mol. The number of hydrogen-bond acceptors (Lipinski definition) is 5. The first-order valence-electron chi connectivity index (χ1n) is 9.14. The van der Waals surface area contributed by atoms with Crippen molar-refractivity contribution in [1.29, 1.82) is 0 Å². The highest BCUT2D eigenvalue weighted by Gasteiger charge is 2.26. The number of hydrogen-bond donors (Lipinski definition) is 2. The Bertz CT molecular complexity index is 1020. The molecule has 0 bridgehead atoms. The molecule has 0 saturated heterocycles. The number of benzene rings is 2. The van der Waals surface area contributed by atoms with Crippen LogP contribution in [0.4, 0.5) is 0 Å². The minimum absolute atomic E-state index is 0.0727. The standard InChI is InChI=1S/C20H23BrN2O5S/c1-12(2)23-29(25,26)19-10-13(4-6-18(19)27-3)20(24)22-16-8-9-28-17-7-5-14(21)11-15(16)17/h4-7,10-12,16,23H,8-9H2,1-3H3,(H,22,24). The minimum Gasteiger partial charge on any atom is -0.495 e. The number of ether oxygens (including phenoxy) is 2. The second-order valence-corrected chi connectivity index (χ2v) is 9.59. The van der Waals surface area contributed by atoms with Crippen LogP contribution in [0.3, 0.4) is 0 Å². The van der Waals surface area contributed by atoms with Crippen LogP contribution >= 0.6 is 15.9 Å². The van der Waals surface area contributed by atoms with Crippen LogP contribution in [0.5, 0.6) is 11.5 Å². The van der Waals surface area contributed by atoms with Gasteiger partial charge >= 0.3 is 0 Å². The number of nitrogens with one attached hydrogen (secondary N) is 2. The monoisotopic (exact) mass is 482 g/mol. The average molecular weight is 483 g/mol. The Morgan fingerprint density at radius 2 is 2.00 bits per heavy atom. The van der Waals surface area contributed by atoms with Crippen molar-refractivity contribution in [3.63, 3.8) is 0 Å². The van der Waals surface area contributed by atoms with Crippen LogP contribution in [-0.4, -0.2) is 34.1 Å². The van der Waals surface area contributed by atoms with Gasteiger partial charge < -0.3 is 14.8 Å². The molecular weight excluding hydrogens is 460 g/mol. The molecule has 0 spiro atoms. The molecule has 2 aromatic rings. The zero-order valence-corrected chi connectivity index (χ0v) is 18.8. The molecule has 7 nitrogen and oxygen atoms in total. The summed E-state index contributed by atoms with van der Waals surface area (Å²) >= 11 is 3.44. The molecule has 1 aliphatic rings. The molecule has 0 fully saturated rings. The fraction of sp³-hybridized carbons (Fsp3) is 0.350. The van der Waals surface area contributed by atoms with Gasteiger partial charge in [-0.3, -0.25) is 4.79 Å². The van der Waals surface area contributed by atoms with E-state index in [1.807, 2.05) is 18.2 Å². The van der Waals surface area contributed by atoms with Gasteiger partial charge in [0.2, 0.25) is 10.0 Å². The van der Waals surface area contributed by atoms with E-state index in [-0.39, 0.29) is 34.2 Å². The van der Waals surface area contributed by atoms with E-state index in [0.717, 1.165) is 15.8 Å². The van der Waals surface area contributed by atoms with Gasteiger partial charge in [-0.1, -0.05) is 15.9 Å². The number of carbonyl (C=O) groups is 1. The van der Waals surface area contributed by atoms with Crippen molar-refractivity contribution in [3.05, 3.63) is 52.0 Å². The second-order valence-electron chi connectivity index (χ2n) is 6.99. The summed E-state index contributed by atoms with van der Waals surface area (Å²) in [6.07, 6.45) is 0.616. The lowest BCUT2D eigenvalue weighted by Gasteiger charge is -2.27. The predicted octanol–water partition coefficient (Wildman–Crippen LogP) is 3.40. The maximum Gasteiger partial charge on any atom is 0.251 e. The zero-order valence-electron chi connectivity index (χ0n) is 16.4. The second kappa shape index (κ2) is 8.73. The Hall–Kier alpha value is -2.10. The highest BCUT2D eigenvalue weighted by Crippen LogP contribution is 2.34. The summed E-state index contributed by atoms with van der Waals surface area (Å²) in [6, 6.07) is 9.48. The molecular formula is C20H23BrN2O5S. The summed E-state index contributed by atoms with van der Waals surface area (Å²) in [5, 5.41) is 2.98. The molecule has 0 aromatic heterocycles. The van der Waals surface area contributed by atoms with Crippen LogP contribution in [0.15, 0.2) is 45.8 Å². The van der Waals surface area contributed by atoms with E-state index >= 15 is 0 Å². The maximum absolute atomic E-state index is 12.9. The molecule has 0 aliphatic carbocycles. The Balaban J connectivity index is 1.90. The SMILES string of the molecule is COc1ccc(C(=O)NC2CCOc3ccc(Br)cc32)cc1S(=O)(=O)NC(C)C. The Morgan fingerprint density at radius 1 is 1.24 bits per heavy atom. The largest absolute Gasteiger partial charge is 0.495 e. The van der Waals surface area contributed by atoms with Crippen LogP contribution in [0.25, 0.3) is 0 Å². The van der Waals surface area contributed by atoms with Gasteiger partial charge in [0.05, 0.1) is 19.8 Å². The van der Waals surface area contributed by atoms with E-state index in [4.69, 9.17) is 9.47 Å². The van der Waals surface area contributed by atoms with Gasteiger partial charge in [0, 0.05) is 28.1 Å². The molecule has 29 heavy (non-hydrogen) atoms. The summed E-state index contributed by atoms with van der Waals surface area (Å²) < 4.78 is 39.5. The lowest BCUT2D eigenvalue weighted by molar-refractivity contribution is 0.0924. The normalized spacial score (nSPS) is 16.1. The number of rotatable bonds is 6. The van der Waals surface area contributed by atoms with Crippen molar-refractivity contribution in [1.82, 2.24) is 10.0 Å². The van der Waals surface area contributed by atoms with Crippen LogP contribution in [-0.2, 0) is 10.0 Å². The van der Waals surface area contributed by atoms with E-state index in [1.165, 1.54) is 19.2 Å². The number of amides is 1. The third kappa shape index (κ3) is 4.91. The summed E-state index contributed by atoms with van der Waals surface area (Å²) in [4.78, 5) is 12.8. The van der Waals surface area contributed by atoms with E-state index in [2.05, 4.69) is 26.0 Å². The molecule has 9 heteroatoms. The molecule has 1 atom stereocenters. The lowest BCUT2D eigenvalue weighted by atomic mass is 10.00. The molecule has 3 rings (SSSR count). The molecule has 1 heterocycles. The van der Waals surface area contributed by atoms with Crippen LogP contribution in [0, 0.1) is 0 Å². The van der Waals surface area contributed by atoms with Crippen LogP contribution < -0.4 is 19.5 Å². The quantitative estimate of drug-likeness (QED) is 0.657. The smallest absolute Gasteiger partial charge is 0.251 e. The van der Waals surface area contributed by atoms with Gasteiger partial charge in [-0.15, -0.1) is 0 Å². The number of fused-ring (bicyclic) bond motifs is 1. The molecule has 1 aliphatic heterocycles. The van der Waals surface area contributed by atoms with Gasteiger partial charge in [-0.2, -0.15) is 0 Å².